The monoisotopic (exact) mass is 337 g/mol. The zero-order valence-corrected chi connectivity index (χ0v) is 12.2. The zero-order valence-electron chi connectivity index (χ0n) is 11.4. The molecule has 5 nitrogen and oxygen atoms in total. The van der Waals surface area contributed by atoms with Gasteiger partial charge >= 0.3 is 12.1 Å². The minimum Gasteiger partial charge on any atom is -0.481 e. The van der Waals surface area contributed by atoms with E-state index in [0.717, 1.165) is 16.4 Å². The predicted octanol–water partition coefficient (Wildman–Crippen LogP) is 2.19. The van der Waals surface area contributed by atoms with Crippen LogP contribution in [0.25, 0.3) is 0 Å². The van der Waals surface area contributed by atoms with Crippen molar-refractivity contribution in [2.45, 2.75) is 23.9 Å². The Bertz CT molecular complexity index is 655. The molecule has 1 aromatic carbocycles. The second kappa shape index (κ2) is 5.88. The van der Waals surface area contributed by atoms with Crippen LogP contribution in [0, 0.1) is 5.92 Å². The summed E-state index contributed by atoms with van der Waals surface area (Å²) in [7, 11) is -3.99. The molecule has 22 heavy (non-hydrogen) atoms. The summed E-state index contributed by atoms with van der Waals surface area (Å²) in [6.45, 7) is -0.00811. The molecule has 1 aromatic rings. The van der Waals surface area contributed by atoms with Crippen LogP contribution < -0.4 is 0 Å². The molecule has 1 atom stereocenters. The number of hydrogen-bond acceptors (Lipinski definition) is 3. The topological polar surface area (TPSA) is 74.7 Å². The number of carboxylic acid groups (broad SMARTS) is 1. The van der Waals surface area contributed by atoms with Gasteiger partial charge in [0.15, 0.2) is 0 Å². The number of benzene rings is 1. The van der Waals surface area contributed by atoms with Crippen LogP contribution in [0.15, 0.2) is 29.2 Å². The summed E-state index contributed by atoms with van der Waals surface area (Å²) in [5.41, 5.74) is -0.937. The van der Waals surface area contributed by atoms with Crippen LogP contribution in [0.2, 0.25) is 0 Å². The van der Waals surface area contributed by atoms with Crippen LogP contribution in [-0.4, -0.2) is 36.9 Å². The van der Waals surface area contributed by atoms with Gasteiger partial charge in [0.1, 0.15) is 0 Å². The van der Waals surface area contributed by atoms with E-state index in [1.54, 1.807) is 0 Å². The third-order valence-corrected chi connectivity index (χ3v) is 5.43. The smallest absolute Gasteiger partial charge is 0.416 e. The fourth-order valence-electron chi connectivity index (χ4n) is 2.33. The molecular weight excluding hydrogens is 323 g/mol. The Morgan fingerprint density at radius 2 is 1.82 bits per heavy atom. The fraction of sp³-hybridized carbons (Fsp3) is 0.462. The first kappa shape index (κ1) is 16.8. The predicted molar refractivity (Wildman–Crippen MR) is 70.6 cm³/mol. The summed E-state index contributed by atoms with van der Waals surface area (Å²) in [4.78, 5) is 10.7. The van der Waals surface area contributed by atoms with Gasteiger partial charge in [0.2, 0.25) is 10.0 Å². The molecule has 1 unspecified atom stereocenters. The average Bonchev–Trinajstić information content (AvgIpc) is 2.46. The first-order chi connectivity index (χ1) is 10.1. The second-order valence-electron chi connectivity index (χ2n) is 5.06. The number of aliphatic carboxylic acids is 1. The van der Waals surface area contributed by atoms with Crippen molar-refractivity contribution >= 4 is 16.0 Å². The van der Waals surface area contributed by atoms with Crippen LogP contribution in [0.5, 0.6) is 0 Å². The maximum absolute atomic E-state index is 12.5. The summed E-state index contributed by atoms with van der Waals surface area (Å²) < 4.78 is 63.2. The van der Waals surface area contributed by atoms with Gasteiger partial charge < -0.3 is 5.11 Å². The van der Waals surface area contributed by atoms with Gasteiger partial charge in [-0.05, 0) is 37.1 Å². The first-order valence-electron chi connectivity index (χ1n) is 6.52. The quantitative estimate of drug-likeness (QED) is 0.917. The third-order valence-electron chi connectivity index (χ3n) is 3.55. The number of sulfonamides is 1. The third kappa shape index (κ3) is 3.41. The molecule has 0 aliphatic carbocycles. The molecule has 0 spiro atoms. The van der Waals surface area contributed by atoms with Crippen molar-refractivity contribution in [3.05, 3.63) is 29.8 Å². The summed E-state index contributed by atoms with van der Waals surface area (Å²) in [5.74, 6) is -1.87. The lowest BCUT2D eigenvalue weighted by Gasteiger charge is -2.29. The molecule has 1 N–H and O–H groups in total. The highest BCUT2D eigenvalue weighted by atomic mass is 32.2. The van der Waals surface area contributed by atoms with Crippen LogP contribution in [0.4, 0.5) is 13.2 Å². The van der Waals surface area contributed by atoms with E-state index in [4.69, 9.17) is 5.11 Å². The van der Waals surface area contributed by atoms with Gasteiger partial charge in [0.25, 0.3) is 0 Å². The van der Waals surface area contributed by atoms with E-state index < -0.39 is 33.7 Å². The molecule has 1 saturated heterocycles. The molecule has 0 radical (unpaired) electrons. The lowest BCUT2D eigenvalue weighted by Crippen LogP contribution is -2.42. The summed E-state index contributed by atoms with van der Waals surface area (Å²) >= 11 is 0. The molecule has 1 aliphatic rings. The van der Waals surface area contributed by atoms with Gasteiger partial charge in [0, 0.05) is 13.1 Å². The molecule has 1 aliphatic heterocycles. The van der Waals surface area contributed by atoms with Crippen molar-refractivity contribution in [1.82, 2.24) is 4.31 Å². The molecule has 9 heteroatoms. The number of halogens is 3. The van der Waals surface area contributed by atoms with Gasteiger partial charge in [-0.1, -0.05) is 0 Å². The fourth-order valence-corrected chi connectivity index (χ4v) is 3.85. The van der Waals surface area contributed by atoms with Gasteiger partial charge in [-0.3, -0.25) is 4.79 Å². The van der Waals surface area contributed by atoms with E-state index >= 15 is 0 Å². The highest BCUT2D eigenvalue weighted by molar-refractivity contribution is 7.89. The Kier molecular flexibility index (Phi) is 4.48. The van der Waals surface area contributed by atoms with Gasteiger partial charge in [-0.15, -0.1) is 0 Å². The highest BCUT2D eigenvalue weighted by Gasteiger charge is 2.34. The van der Waals surface area contributed by atoms with Crippen molar-refractivity contribution in [2.75, 3.05) is 13.1 Å². The molecule has 0 amide bonds. The molecule has 1 fully saturated rings. The van der Waals surface area contributed by atoms with Crippen molar-refractivity contribution in [3.8, 4) is 0 Å². The van der Waals surface area contributed by atoms with Crippen molar-refractivity contribution in [1.29, 1.82) is 0 Å². The summed E-state index contributed by atoms with van der Waals surface area (Å²) in [6, 6.07) is 3.18. The van der Waals surface area contributed by atoms with Crippen molar-refractivity contribution in [2.24, 2.45) is 5.92 Å². The van der Waals surface area contributed by atoms with E-state index in [1.807, 2.05) is 0 Å². The average molecular weight is 337 g/mol. The van der Waals surface area contributed by atoms with E-state index in [9.17, 15) is 26.4 Å². The number of carboxylic acids is 1. The number of alkyl halides is 3. The largest absolute Gasteiger partial charge is 0.481 e. The Balaban J connectivity index is 2.25. The number of hydrogen-bond donors (Lipinski definition) is 1. The van der Waals surface area contributed by atoms with E-state index in [1.165, 1.54) is 0 Å². The summed E-state index contributed by atoms with van der Waals surface area (Å²) in [6.07, 6.45) is -3.76. The van der Waals surface area contributed by atoms with Crippen LogP contribution >= 0.6 is 0 Å². The highest BCUT2D eigenvalue weighted by Crippen LogP contribution is 2.31. The lowest BCUT2D eigenvalue weighted by atomic mass is 10.0. The van der Waals surface area contributed by atoms with Crippen LogP contribution in [0.1, 0.15) is 18.4 Å². The number of carbonyl (C=O) groups is 1. The van der Waals surface area contributed by atoms with Crippen molar-refractivity contribution < 1.29 is 31.5 Å². The molecule has 2 rings (SSSR count). The maximum Gasteiger partial charge on any atom is 0.416 e. The Morgan fingerprint density at radius 1 is 1.23 bits per heavy atom. The van der Waals surface area contributed by atoms with Gasteiger partial charge in [-0.25, -0.2) is 8.42 Å². The molecule has 0 bridgehead atoms. The minimum atomic E-state index is -4.54. The Labute approximate surface area is 125 Å². The number of rotatable bonds is 3. The van der Waals surface area contributed by atoms with Gasteiger partial charge in [0.05, 0.1) is 16.4 Å². The SMILES string of the molecule is O=C(O)C1CCCN(S(=O)(=O)c2ccc(C(F)(F)F)cc2)C1. The van der Waals surface area contributed by atoms with E-state index in [-0.39, 0.29) is 18.0 Å². The zero-order chi connectivity index (χ0) is 16.5. The minimum absolute atomic E-state index is 0.160. The van der Waals surface area contributed by atoms with Crippen LogP contribution in [0.3, 0.4) is 0 Å². The summed E-state index contributed by atoms with van der Waals surface area (Å²) in [5, 5.41) is 8.97. The molecule has 0 aromatic heterocycles. The van der Waals surface area contributed by atoms with Gasteiger partial charge in [-0.2, -0.15) is 17.5 Å². The Hall–Kier alpha value is -1.61. The number of nitrogens with zero attached hydrogens (tertiary/aromatic N) is 1. The lowest BCUT2D eigenvalue weighted by molar-refractivity contribution is -0.143. The molecule has 1 heterocycles. The maximum atomic E-state index is 12.5. The molecular formula is C13H14F3NO4S. The molecule has 0 saturated carbocycles. The first-order valence-corrected chi connectivity index (χ1v) is 7.96. The standard InChI is InChI=1S/C13H14F3NO4S/c14-13(15,16)10-3-5-11(6-4-10)22(20,21)17-7-1-2-9(8-17)12(18)19/h3-6,9H,1-2,7-8H2,(H,18,19). The Morgan fingerprint density at radius 3 is 2.32 bits per heavy atom. The van der Waals surface area contributed by atoms with Crippen LogP contribution in [-0.2, 0) is 21.0 Å². The van der Waals surface area contributed by atoms with E-state index in [0.29, 0.717) is 25.0 Å². The number of piperidine rings is 1. The van der Waals surface area contributed by atoms with E-state index in [2.05, 4.69) is 0 Å². The normalized spacial score (nSPS) is 20.8. The molecule has 122 valence electrons. The second-order valence-corrected chi connectivity index (χ2v) is 7.00. The van der Waals surface area contributed by atoms with Crippen molar-refractivity contribution in [3.63, 3.8) is 0 Å².